The van der Waals surface area contributed by atoms with Crippen LogP contribution >= 0.6 is 0 Å². The zero-order valence-electron chi connectivity index (χ0n) is 11.0. The molecule has 0 saturated carbocycles. The topological polar surface area (TPSA) is 145 Å². The number of aliphatic hydroxyl groups excluding tert-OH is 4. The predicted molar refractivity (Wildman–Crippen MR) is 72.7 cm³/mol. The van der Waals surface area contributed by atoms with Crippen LogP contribution in [0.5, 0.6) is 0 Å². The zero-order chi connectivity index (χ0) is 15.5. The highest BCUT2D eigenvalue weighted by Gasteiger charge is 2.50. The lowest BCUT2D eigenvalue weighted by atomic mass is 10.2. The van der Waals surface area contributed by atoms with Crippen LogP contribution < -0.4 is 0 Å². The molecule has 0 radical (unpaired) electrons. The highest BCUT2D eigenvalue weighted by Crippen LogP contribution is 2.25. The van der Waals surface area contributed by atoms with E-state index in [9.17, 15) is 28.8 Å². The quantitative estimate of drug-likeness (QED) is 0.257. The Kier molecular flexibility index (Phi) is 6.67. The summed E-state index contributed by atoms with van der Waals surface area (Å²) in [6.45, 7) is 1.26. The van der Waals surface area contributed by atoms with Crippen molar-refractivity contribution in [3.05, 3.63) is 0 Å². The van der Waals surface area contributed by atoms with E-state index >= 15 is 0 Å². The van der Waals surface area contributed by atoms with E-state index in [2.05, 4.69) is 4.18 Å². The van der Waals surface area contributed by atoms with Crippen molar-refractivity contribution in [3.63, 3.8) is 0 Å². The van der Waals surface area contributed by atoms with Gasteiger partial charge in [0, 0.05) is 10.9 Å². The molecule has 20 heavy (non-hydrogen) atoms. The van der Waals surface area contributed by atoms with Gasteiger partial charge in [0.1, 0.15) is 35.9 Å². The Hall–Kier alpha value is 0.0600. The third-order valence-electron chi connectivity index (χ3n) is 3.23. The molecule has 1 heterocycles. The Morgan fingerprint density at radius 2 is 2.00 bits per heavy atom. The molecule has 0 aromatic carbocycles. The third kappa shape index (κ3) is 4.81. The Morgan fingerprint density at radius 1 is 1.40 bits per heavy atom. The largest absolute Gasteiger partial charge is 0.397 e. The summed E-state index contributed by atoms with van der Waals surface area (Å²) in [5.74, 6) is 0.305. The highest BCUT2D eigenvalue weighted by atomic mass is 32.3. The van der Waals surface area contributed by atoms with E-state index in [-0.39, 0.29) is 24.5 Å². The minimum absolute atomic E-state index is 0.0768. The summed E-state index contributed by atoms with van der Waals surface area (Å²) >= 11 is 0. The van der Waals surface area contributed by atoms with E-state index < -0.39 is 51.0 Å². The van der Waals surface area contributed by atoms with Gasteiger partial charge >= 0.3 is 10.4 Å². The minimum Gasteiger partial charge on any atom is -0.391 e. The molecule has 0 aromatic heterocycles. The SMILES string of the molecule is CC[C@@H](OS(=O)(=O)O)[C@@H](O)C[S+]1C[C@H](O)[C@@H](O)[C@@H]1CO. The summed E-state index contributed by atoms with van der Waals surface area (Å²) < 4.78 is 34.4. The van der Waals surface area contributed by atoms with Crippen molar-refractivity contribution >= 4 is 21.3 Å². The summed E-state index contributed by atoms with van der Waals surface area (Å²) in [6, 6.07) is 0. The monoisotopic (exact) mass is 333 g/mol. The molecule has 8 nitrogen and oxygen atoms in total. The maximum absolute atomic E-state index is 10.7. The van der Waals surface area contributed by atoms with Crippen molar-refractivity contribution in [2.75, 3.05) is 18.1 Å². The van der Waals surface area contributed by atoms with E-state index in [1.54, 1.807) is 6.92 Å². The lowest BCUT2D eigenvalue weighted by molar-refractivity contribution is 0.0323. The Bertz CT molecular complexity index is 400. The molecule has 10 heteroatoms. The van der Waals surface area contributed by atoms with E-state index in [4.69, 9.17) is 4.55 Å². The predicted octanol–water partition coefficient (Wildman–Crippen LogP) is -2.34. The molecule has 1 fully saturated rings. The van der Waals surface area contributed by atoms with Crippen molar-refractivity contribution in [1.82, 2.24) is 0 Å². The molecule has 0 spiro atoms. The summed E-state index contributed by atoms with van der Waals surface area (Å²) in [5, 5.41) is 37.9. The number of hydrogen-bond acceptors (Lipinski definition) is 7. The third-order valence-corrected chi connectivity index (χ3v) is 6.54. The Morgan fingerprint density at radius 3 is 2.45 bits per heavy atom. The van der Waals surface area contributed by atoms with E-state index in [0.29, 0.717) is 0 Å². The summed E-state index contributed by atoms with van der Waals surface area (Å²) in [5.41, 5.74) is 0. The first kappa shape index (κ1) is 18.1. The van der Waals surface area contributed by atoms with Crippen LogP contribution in [0.2, 0.25) is 0 Å². The van der Waals surface area contributed by atoms with Gasteiger partial charge in [-0.3, -0.25) is 4.55 Å². The number of rotatable bonds is 7. The normalized spacial score (nSPS) is 34.1. The smallest absolute Gasteiger partial charge is 0.391 e. The van der Waals surface area contributed by atoms with Crippen molar-refractivity contribution in [2.45, 2.75) is 43.0 Å². The summed E-state index contributed by atoms with van der Waals surface area (Å²) in [6.07, 6.45) is -4.15. The van der Waals surface area contributed by atoms with Gasteiger partial charge in [-0.15, -0.1) is 0 Å². The summed E-state index contributed by atoms with van der Waals surface area (Å²) in [4.78, 5) is 0. The first-order valence-electron chi connectivity index (χ1n) is 6.16. The molecule has 0 aromatic rings. The van der Waals surface area contributed by atoms with Crippen LogP contribution in [0.4, 0.5) is 0 Å². The number of aliphatic hydroxyl groups is 4. The zero-order valence-corrected chi connectivity index (χ0v) is 12.6. The molecule has 120 valence electrons. The molecular formula is C10H21O8S2+. The molecule has 1 aliphatic rings. The second-order valence-corrected chi connectivity index (χ2v) is 8.08. The Balaban J connectivity index is 2.66. The molecule has 0 aliphatic carbocycles. The van der Waals surface area contributed by atoms with Crippen molar-refractivity contribution < 1.29 is 37.6 Å². The first-order valence-corrected chi connectivity index (χ1v) is 9.15. The molecule has 1 unspecified atom stereocenters. The average molecular weight is 333 g/mol. The standard InChI is InChI=1S/C10H20O8S2/c1-2-8(18-20(15,16)17)6(12)4-19-5-7(13)10(14)9(19)3-11/h6-14H,2-5H2,1H3/p+1/t6-,7-,8+,9-,10+,19?/m0/s1. The van der Waals surface area contributed by atoms with Gasteiger partial charge < -0.3 is 20.4 Å². The molecule has 5 N–H and O–H groups in total. The van der Waals surface area contributed by atoms with E-state index in [1.165, 1.54) is 0 Å². The van der Waals surface area contributed by atoms with Crippen molar-refractivity contribution in [2.24, 2.45) is 0 Å². The van der Waals surface area contributed by atoms with Gasteiger partial charge in [-0.1, -0.05) is 6.92 Å². The van der Waals surface area contributed by atoms with Gasteiger partial charge in [0.05, 0.1) is 6.61 Å². The second kappa shape index (κ2) is 7.36. The van der Waals surface area contributed by atoms with Crippen LogP contribution in [-0.2, 0) is 25.5 Å². The Labute approximate surface area is 120 Å². The van der Waals surface area contributed by atoms with E-state index in [0.717, 1.165) is 0 Å². The van der Waals surface area contributed by atoms with E-state index in [1.807, 2.05) is 0 Å². The molecule has 0 amide bonds. The van der Waals surface area contributed by atoms with Crippen molar-refractivity contribution in [3.8, 4) is 0 Å². The van der Waals surface area contributed by atoms with Gasteiger partial charge in [0.15, 0.2) is 5.25 Å². The molecule has 1 saturated heterocycles. The van der Waals surface area contributed by atoms with Crippen molar-refractivity contribution in [1.29, 1.82) is 0 Å². The fraction of sp³-hybridized carbons (Fsp3) is 1.00. The second-order valence-electron chi connectivity index (χ2n) is 4.69. The van der Waals surface area contributed by atoms with Gasteiger partial charge in [-0.05, 0) is 6.42 Å². The maximum Gasteiger partial charge on any atom is 0.397 e. The highest BCUT2D eigenvalue weighted by molar-refractivity contribution is 7.97. The molecular weight excluding hydrogens is 312 g/mol. The van der Waals surface area contributed by atoms with Gasteiger partial charge in [-0.25, -0.2) is 4.18 Å². The first-order chi connectivity index (χ1) is 9.19. The molecule has 6 atom stereocenters. The fourth-order valence-electron chi connectivity index (χ4n) is 2.18. The average Bonchev–Trinajstić information content (AvgIpc) is 2.60. The maximum atomic E-state index is 10.7. The van der Waals surface area contributed by atoms with Crippen LogP contribution in [0.3, 0.4) is 0 Å². The van der Waals surface area contributed by atoms with Crippen LogP contribution in [0.15, 0.2) is 0 Å². The number of hydrogen-bond donors (Lipinski definition) is 5. The molecule has 0 bridgehead atoms. The van der Waals surface area contributed by atoms with Crippen LogP contribution in [0, 0.1) is 0 Å². The molecule has 1 aliphatic heterocycles. The lowest BCUT2D eigenvalue weighted by Crippen LogP contribution is -2.41. The van der Waals surface area contributed by atoms with Gasteiger partial charge in [0.2, 0.25) is 0 Å². The minimum atomic E-state index is -4.66. The van der Waals surface area contributed by atoms with Crippen LogP contribution in [0.1, 0.15) is 13.3 Å². The van der Waals surface area contributed by atoms with Gasteiger partial charge in [-0.2, -0.15) is 8.42 Å². The summed E-state index contributed by atoms with van der Waals surface area (Å²) in [7, 11) is -5.32. The molecule has 1 rings (SSSR count). The lowest BCUT2D eigenvalue weighted by Gasteiger charge is -2.20. The fourth-order valence-corrected chi connectivity index (χ4v) is 5.46. The van der Waals surface area contributed by atoms with Crippen LogP contribution in [0.25, 0.3) is 0 Å². The van der Waals surface area contributed by atoms with Crippen LogP contribution in [-0.4, -0.2) is 81.2 Å². The van der Waals surface area contributed by atoms with Gasteiger partial charge in [0.25, 0.3) is 0 Å².